The van der Waals surface area contributed by atoms with E-state index in [1.54, 1.807) is 0 Å². The van der Waals surface area contributed by atoms with Gasteiger partial charge >= 0.3 is 0 Å². The highest BCUT2D eigenvalue weighted by molar-refractivity contribution is 14.1. The number of nitrogens with zero attached hydrogens (tertiary/aromatic N) is 2. The number of imidazole rings is 1. The zero-order valence-corrected chi connectivity index (χ0v) is 16.2. The van der Waals surface area contributed by atoms with Gasteiger partial charge in [0.1, 0.15) is 5.82 Å². The van der Waals surface area contributed by atoms with Gasteiger partial charge in [-0.2, -0.15) is 0 Å². The fourth-order valence-corrected chi connectivity index (χ4v) is 3.42. The van der Waals surface area contributed by atoms with E-state index < -0.39 is 0 Å². The van der Waals surface area contributed by atoms with Gasteiger partial charge in [-0.1, -0.05) is 27.5 Å². The van der Waals surface area contributed by atoms with Crippen molar-refractivity contribution in [1.82, 2.24) is 9.55 Å². The molecule has 1 unspecified atom stereocenters. The molecule has 0 fully saturated rings. The van der Waals surface area contributed by atoms with Gasteiger partial charge < -0.3 is 0 Å². The Bertz CT molecular complexity index is 830. The molecule has 0 aliphatic carbocycles. The minimum atomic E-state index is -0.217. The van der Waals surface area contributed by atoms with Gasteiger partial charge in [0.15, 0.2) is 0 Å². The van der Waals surface area contributed by atoms with Crippen LogP contribution in [-0.4, -0.2) is 9.55 Å². The number of fused-ring (bicyclic) bond motifs is 1. The van der Waals surface area contributed by atoms with E-state index in [0.717, 1.165) is 30.6 Å². The average molecular weight is 496 g/mol. The maximum atomic E-state index is 6.38. The fraction of sp³-hybridized carbons (Fsp3) is 0.133. The first-order chi connectivity index (χ1) is 9.97. The van der Waals surface area contributed by atoms with Crippen LogP contribution in [-0.2, 0) is 0 Å². The average Bonchev–Trinajstić information content (AvgIpc) is 2.80. The molecule has 0 spiro atoms. The number of hydrogen-bond acceptors (Lipinski definition) is 1. The van der Waals surface area contributed by atoms with E-state index in [2.05, 4.69) is 49.6 Å². The maximum Gasteiger partial charge on any atom is 0.132 e. The maximum absolute atomic E-state index is 6.38. The molecule has 6 heteroatoms. The van der Waals surface area contributed by atoms with Gasteiger partial charge in [-0.25, -0.2) is 4.98 Å². The zero-order valence-electron chi connectivity index (χ0n) is 10.9. The standard InChI is InChI=1S/C15H10BrCl2IN2/c1-8(17)15-20-12-7-10(19)3-5-13(12)21(15)14-6-9(16)2-4-11(14)18/h2-8H,1H3. The lowest BCUT2D eigenvalue weighted by atomic mass is 10.2. The van der Waals surface area contributed by atoms with E-state index in [1.807, 2.05) is 41.8 Å². The summed E-state index contributed by atoms with van der Waals surface area (Å²) >= 11 is 18.5. The van der Waals surface area contributed by atoms with Gasteiger partial charge in [0.05, 0.1) is 27.1 Å². The van der Waals surface area contributed by atoms with E-state index in [0.29, 0.717) is 5.02 Å². The topological polar surface area (TPSA) is 17.8 Å². The number of halogens is 4. The van der Waals surface area contributed by atoms with E-state index in [-0.39, 0.29) is 5.38 Å². The van der Waals surface area contributed by atoms with Crippen molar-refractivity contribution in [2.45, 2.75) is 12.3 Å². The summed E-state index contributed by atoms with van der Waals surface area (Å²) in [5.74, 6) is 0.786. The Morgan fingerprint density at radius 1 is 1.24 bits per heavy atom. The van der Waals surface area contributed by atoms with Crippen molar-refractivity contribution in [3.63, 3.8) is 0 Å². The van der Waals surface area contributed by atoms with Crippen molar-refractivity contribution in [1.29, 1.82) is 0 Å². The first-order valence-corrected chi connectivity index (χ1v) is 8.93. The van der Waals surface area contributed by atoms with Crippen LogP contribution >= 0.6 is 61.7 Å². The van der Waals surface area contributed by atoms with Crippen molar-refractivity contribution >= 4 is 72.8 Å². The molecule has 2 nitrogen and oxygen atoms in total. The van der Waals surface area contributed by atoms with Crippen molar-refractivity contribution in [3.8, 4) is 5.69 Å². The molecule has 0 N–H and O–H groups in total. The van der Waals surface area contributed by atoms with Gasteiger partial charge in [0, 0.05) is 8.04 Å². The van der Waals surface area contributed by atoms with E-state index in [4.69, 9.17) is 23.2 Å². The van der Waals surface area contributed by atoms with Crippen LogP contribution in [0.25, 0.3) is 16.7 Å². The minimum Gasteiger partial charge on any atom is -0.294 e. The van der Waals surface area contributed by atoms with Crippen molar-refractivity contribution < 1.29 is 0 Å². The molecule has 3 rings (SSSR count). The lowest BCUT2D eigenvalue weighted by Crippen LogP contribution is -2.02. The molecule has 0 bridgehead atoms. The number of hydrogen-bond donors (Lipinski definition) is 0. The smallest absolute Gasteiger partial charge is 0.132 e. The Morgan fingerprint density at radius 3 is 2.71 bits per heavy atom. The van der Waals surface area contributed by atoms with Crippen LogP contribution in [0.5, 0.6) is 0 Å². The van der Waals surface area contributed by atoms with E-state index in [1.165, 1.54) is 0 Å². The van der Waals surface area contributed by atoms with Gasteiger partial charge in [-0.15, -0.1) is 11.6 Å². The summed E-state index contributed by atoms with van der Waals surface area (Å²) < 4.78 is 4.12. The number of aromatic nitrogens is 2. The normalized spacial score (nSPS) is 12.8. The quantitative estimate of drug-likeness (QED) is 0.299. The number of alkyl halides is 1. The monoisotopic (exact) mass is 494 g/mol. The Hall–Kier alpha value is -0.300. The summed E-state index contributed by atoms with van der Waals surface area (Å²) in [4.78, 5) is 4.67. The summed E-state index contributed by atoms with van der Waals surface area (Å²) in [7, 11) is 0. The molecule has 0 aliphatic heterocycles. The molecule has 0 amide bonds. The third-order valence-corrected chi connectivity index (χ3v) is 4.83. The molecule has 1 atom stereocenters. The molecule has 1 aromatic heterocycles. The Morgan fingerprint density at radius 2 is 2.00 bits per heavy atom. The number of rotatable bonds is 2. The van der Waals surface area contributed by atoms with Crippen LogP contribution in [0, 0.1) is 3.57 Å². The van der Waals surface area contributed by atoms with Crippen molar-refractivity contribution in [2.24, 2.45) is 0 Å². The van der Waals surface area contributed by atoms with Crippen LogP contribution in [0.4, 0.5) is 0 Å². The molecular weight excluding hydrogens is 486 g/mol. The largest absolute Gasteiger partial charge is 0.294 e. The molecule has 0 saturated carbocycles. The minimum absolute atomic E-state index is 0.217. The highest BCUT2D eigenvalue weighted by atomic mass is 127. The Balaban J connectivity index is 2.39. The predicted octanol–water partition coefficient (Wildman–Crippen LogP) is 6.35. The molecule has 2 aromatic carbocycles. The SMILES string of the molecule is CC(Cl)c1nc2cc(I)ccc2n1-c1cc(Br)ccc1Cl. The van der Waals surface area contributed by atoms with E-state index in [9.17, 15) is 0 Å². The second kappa shape index (κ2) is 6.07. The van der Waals surface area contributed by atoms with Crippen molar-refractivity contribution in [2.75, 3.05) is 0 Å². The predicted molar refractivity (Wildman–Crippen MR) is 101 cm³/mol. The summed E-state index contributed by atoms with van der Waals surface area (Å²) in [5, 5.41) is 0.444. The van der Waals surface area contributed by atoms with Gasteiger partial charge in [0.2, 0.25) is 0 Å². The van der Waals surface area contributed by atoms with Crippen LogP contribution in [0.3, 0.4) is 0 Å². The Labute approximate surface area is 154 Å². The Kier molecular flexibility index (Phi) is 4.50. The molecule has 3 aromatic rings. The van der Waals surface area contributed by atoms with Gasteiger partial charge in [0.25, 0.3) is 0 Å². The molecule has 0 radical (unpaired) electrons. The van der Waals surface area contributed by atoms with Crippen LogP contribution in [0.2, 0.25) is 5.02 Å². The lowest BCUT2D eigenvalue weighted by Gasteiger charge is -2.12. The molecule has 0 aliphatic rings. The molecule has 0 saturated heterocycles. The second-order valence-electron chi connectivity index (χ2n) is 4.65. The molecule has 108 valence electrons. The van der Waals surface area contributed by atoms with Crippen LogP contribution < -0.4 is 0 Å². The summed E-state index contributed by atoms with van der Waals surface area (Å²) in [5.41, 5.74) is 2.79. The lowest BCUT2D eigenvalue weighted by molar-refractivity contribution is 0.882. The first kappa shape index (κ1) is 15.6. The molecule has 21 heavy (non-hydrogen) atoms. The summed E-state index contributed by atoms with van der Waals surface area (Å²) in [6.45, 7) is 1.91. The van der Waals surface area contributed by atoms with Crippen LogP contribution in [0.1, 0.15) is 18.1 Å². The highest BCUT2D eigenvalue weighted by Crippen LogP contribution is 2.33. The molecular formula is C15H10BrCl2IN2. The van der Waals surface area contributed by atoms with Crippen molar-refractivity contribution in [3.05, 3.63) is 55.3 Å². The van der Waals surface area contributed by atoms with Gasteiger partial charge in [-0.3, -0.25) is 4.57 Å². The van der Waals surface area contributed by atoms with E-state index >= 15 is 0 Å². The van der Waals surface area contributed by atoms with Gasteiger partial charge in [-0.05, 0) is 65.9 Å². The number of benzene rings is 2. The summed E-state index contributed by atoms with van der Waals surface area (Å²) in [6.07, 6.45) is 0. The third kappa shape index (κ3) is 2.96. The first-order valence-electron chi connectivity index (χ1n) is 6.25. The van der Waals surface area contributed by atoms with Crippen LogP contribution in [0.15, 0.2) is 40.9 Å². The molecule has 1 heterocycles. The summed E-state index contributed by atoms with van der Waals surface area (Å²) in [6, 6.07) is 11.9. The second-order valence-corrected chi connectivity index (χ2v) is 7.87. The highest BCUT2D eigenvalue weighted by Gasteiger charge is 2.18. The zero-order chi connectivity index (χ0) is 15.1. The fourth-order valence-electron chi connectivity index (χ4n) is 2.25. The third-order valence-electron chi connectivity index (χ3n) is 3.15.